The zero-order valence-electron chi connectivity index (χ0n) is 16.2. The first-order valence-electron chi connectivity index (χ1n) is 8.96. The molecule has 2 fully saturated rings. The molecule has 1 aromatic carbocycles. The summed E-state index contributed by atoms with van der Waals surface area (Å²) in [6.45, 7) is 0.868. The molecule has 158 valence electrons. The van der Waals surface area contributed by atoms with Gasteiger partial charge in [0.1, 0.15) is 11.5 Å². The van der Waals surface area contributed by atoms with Gasteiger partial charge in [0.15, 0.2) is 0 Å². The van der Waals surface area contributed by atoms with E-state index in [1.165, 1.54) is 0 Å². The lowest BCUT2D eigenvalue weighted by atomic mass is 10.1. The maximum absolute atomic E-state index is 11.8. The van der Waals surface area contributed by atoms with E-state index in [4.69, 9.17) is 19.7 Å². The van der Waals surface area contributed by atoms with Crippen molar-refractivity contribution >= 4 is 23.8 Å². The third kappa shape index (κ3) is 5.84. The van der Waals surface area contributed by atoms with E-state index in [1.807, 2.05) is 6.07 Å². The molecule has 3 rings (SSSR count). The van der Waals surface area contributed by atoms with E-state index in [1.54, 1.807) is 31.3 Å². The minimum absolute atomic E-state index is 0.0633. The normalized spacial score (nSPS) is 20.6. The molecule has 2 aliphatic rings. The molecule has 2 amide bonds. The van der Waals surface area contributed by atoms with E-state index in [0.29, 0.717) is 18.0 Å². The maximum Gasteiger partial charge on any atom is 0.308 e. The summed E-state index contributed by atoms with van der Waals surface area (Å²) in [6, 6.07) is 5.34. The van der Waals surface area contributed by atoms with Crippen molar-refractivity contribution in [3.8, 4) is 11.5 Å². The van der Waals surface area contributed by atoms with Crippen molar-refractivity contribution < 1.29 is 38.9 Å². The number of carboxylic acid groups (broad SMARTS) is 2. The highest BCUT2D eigenvalue weighted by Crippen LogP contribution is 2.28. The van der Waals surface area contributed by atoms with Crippen molar-refractivity contribution in [3.05, 3.63) is 23.8 Å². The van der Waals surface area contributed by atoms with Gasteiger partial charge in [0.2, 0.25) is 11.8 Å². The average molecular weight is 408 g/mol. The average Bonchev–Trinajstić information content (AvgIpc) is 3.29. The van der Waals surface area contributed by atoms with Gasteiger partial charge in [-0.2, -0.15) is 0 Å². The SMILES string of the molecule is COc1ccc(CN2C[C@@H](C(=O)O)CC2=O)c(OC)c1.O=C1C[C@H](C(=O)O)CN1. The minimum Gasteiger partial charge on any atom is -0.497 e. The summed E-state index contributed by atoms with van der Waals surface area (Å²) < 4.78 is 10.4. The number of nitrogens with zero attached hydrogens (tertiary/aromatic N) is 1. The van der Waals surface area contributed by atoms with Crippen LogP contribution in [0.3, 0.4) is 0 Å². The Hall–Kier alpha value is -3.30. The van der Waals surface area contributed by atoms with Crippen molar-refractivity contribution in [2.24, 2.45) is 11.8 Å². The van der Waals surface area contributed by atoms with Crippen LogP contribution in [0.2, 0.25) is 0 Å². The van der Waals surface area contributed by atoms with E-state index in [0.717, 1.165) is 5.56 Å². The molecule has 2 saturated heterocycles. The number of carbonyl (C=O) groups excluding carboxylic acids is 2. The Balaban J connectivity index is 0.000000278. The van der Waals surface area contributed by atoms with E-state index in [9.17, 15) is 19.2 Å². The topological polar surface area (TPSA) is 142 Å². The standard InChI is InChI=1S/C14H17NO5.C5H7NO3/c1-19-11-4-3-9(12(6-11)20-2)7-15-8-10(14(17)18)5-13(15)16;7-4-1-3(2-6-4)5(8)9/h3-4,6,10H,5,7-8H2,1-2H3,(H,17,18);3H,1-2H2,(H,6,7)(H,8,9)/t10-;3-/m00/s1. The first-order chi connectivity index (χ1) is 13.7. The Morgan fingerprint density at radius 2 is 1.79 bits per heavy atom. The van der Waals surface area contributed by atoms with Crippen molar-refractivity contribution in [2.75, 3.05) is 27.3 Å². The van der Waals surface area contributed by atoms with Crippen LogP contribution in [0.4, 0.5) is 0 Å². The number of likely N-dealkylation sites (tertiary alicyclic amines) is 1. The molecule has 0 bridgehead atoms. The van der Waals surface area contributed by atoms with E-state index in [-0.39, 0.29) is 37.7 Å². The maximum atomic E-state index is 11.8. The highest BCUT2D eigenvalue weighted by molar-refractivity contribution is 5.86. The molecule has 0 radical (unpaired) electrons. The molecule has 3 N–H and O–H groups in total. The van der Waals surface area contributed by atoms with Crippen molar-refractivity contribution in [1.82, 2.24) is 10.2 Å². The van der Waals surface area contributed by atoms with Gasteiger partial charge in [-0.25, -0.2) is 0 Å². The van der Waals surface area contributed by atoms with Crippen molar-refractivity contribution in [3.63, 3.8) is 0 Å². The number of benzene rings is 1. The number of aliphatic carboxylic acids is 2. The van der Waals surface area contributed by atoms with Gasteiger partial charge in [-0.1, -0.05) is 0 Å². The molecule has 0 saturated carbocycles. The first kappa shape index (κ1) is 22.0. The van der Waals surface area contributed by atoms with Gasteiger partial charge in [-0.15, -0.1) is 0 Å². The fourth-order valence-electron chi connectivity index (χ4n) is 3.06. The third-order valence-electron chi connectivity index (χ3n) is 4.75. The monoisotopic (exact) mass is 408 g/mol. The van der Waals surface area contributed by atoms with Crippen LogP contribution in [0, 0.1) is 11.8 Å². The fourth-order valence-corrected chi connectivity index (χ4v) is 3.06. The predicted octanol–water partition coefficient (Wildman–Crippen LogP) is 0.344. The zero-order chi connectivity index (χ0) is 21.6. The number of hydrogen-bond donors (Lipinski definition) is 3. The Morgan fingerprint density at radius 1 is 1.10 bits per heavy atom. The number of carboxylic acids is 2. The Bertz CT molecular complexity index is 794. The third-order valence-corrected chi connectivity index (χ3v) is 4.75. The predicted molar refractivity (Wildman–Crippen MR) is 99.5 cm³/mol. The number of methoxy groups -OCH3 is 2. The quantitative estimate of drug-likeness (QED) is 0.612. The number of amides is 2. The van der Waals surface area contributed by atoms with Crippen LogP contribution in [0.5, 0.6) is 11.5 Å². The zero-order valence-corrected chi connectivity index (χ0v) is 16.2. The van der Waals surface area contributed by atoms with Gasteiger partial charge in [-0.3, -0.25) is 19.2 Å². The second kappa shape index (κ2) is 9.76. The Morgan fingerprint density at radius 3 is 2.24 bits per heavy atom. The van der Waals surface area contributed by atoms with Crippen LogP contribution >= 0.6 is 0 Å². The molecule has 10 nitrogen and oxygen atoms in total. The molecule has 2 aliphatic heterocycles. The lowest BCUT2D eigenvalue weighted by Gasteiger charge is -2.18. The summed E-state index contributed by atoms with van der Waals surface area (Å²) in [7, 11) is 3.11. The second-order valence-electron chi connectivity index (χ2n) is 6.73. The van der Waals surface area contributed by atoms with Gasteiger partial charge < -0.3 is 29.9 Å². The van der Waals surface area contributed by atoms with Crippen LogP contribution in [0.1, 0.15) is 18.4 Å². The Kier molecular flexibility index (Phi) is 7.40. The Labute approximate surface area is 167 Å². The van der Waals surface area contributed by atoms with Crippen LogP contribution in [-0.2, 0) is 25.7 Å². The molecule has 0 aromatic heterocycles. The van der Waals surface area contributed by atoms with Crippen LogP contribution in [-0.4, -0.2) is 66.2 Å². The number of carbonyl (C=O) groups is 4. The number of nitrogens with one attached hydrogen (secondary N) is 1. The summed E-state index contributed by atoms with van der Waals surface area (Å²) in [6.07, 6.45) is 0.198. The lowest BCUT2D eigenvalue weighted by Crippen LogP contribution is -2.26. The van der Waals surface area contributed by atoms with Gasteiger partial charge in [0.05, 0.1) is 26.1 Å². The molecule has 0 spiro atoms. The largest absolute Gasteiger partial charge is 0.497 e. The fraction of sp³-hybridized carbons (Fsp3) is 0.474. The molecule has 0 unspecified atom stereocenters. The summed E-state index contributed by atoms with van der Waals surface area (Å²) >= 11 is 0. The molecule has 29 heavy (non-hydrogen) atoms. The highest BCUT2D eigenvalue weighted by Gasteiger charge is 2.34. The summed E-state index contributed by atoms with van der Waals surface area (Å²) in [5.41, 5.74) is 0.827. The molecule has 0 aliphatic carbocycles. The second-order valence-corrected chi connectivity index (χ2v) is 6.73. The van der Waals surface area contributed by atoms with E-state index in [2.05, 4.69) is 5.32 Å². The number of ether oxygens (including phenoxy) is 2. The molecule has 10 heteroatoms. The van der Waals surface area contributed by atoms with Crippen LogP contribution < -0.4 is 14.8 Å². The van der Waals surface area contributed by atoms with Gasteiger partial charge in [0.25, 0.3) is 0 Å². The van der Waals surface area contributed by atoms with Crippen LogP contribution in [0.25, 0.3) is 0 Å². The van der Waals surface area contributed by atoms with Gasteiger partial charge in [0, 0.05) is 44.1 Å². The molecular formula is C19H24N2O8. The van der Waals surface area contributed by atoms with Crippen molar-refractivity contribution in [2.45, 2.75) is 19.4 Å². The number of hydrogen-bond acceptors (Lipinski definition) is 6. The minimum atomic E-state index is -0.928. The summed E-state index contributed by atoms with van der Waals surface area (Å²) in [5.74, 6) is -1.96. The van der Waals surface area contributed by atoms with E-state index < -0.39 is 23.8 Å². The van der Waals surface area contributed by atoms with Crippen molar-refractivity contribution in [1.29, 1.82) is 0 Å². The van der Waals surface area contributed by atoms with Gasteiger partial charge >= 0.3 is 11.9 Å². The summed E-state index contributed by atoms with van der Waals surface area (Å²) in [5, 5.41) is 19.7. The molecular weight excluding hydrogens is 384 g/mol. The smallest absolute Gasteiger partial charge is 0.308 e. The molecule has 2 atom stereocenters. The van der Waals surface area contributed by atoms with E-state index >= 15 is 0 Å². The first-order valence-corrected chi connectivity index (χ1v) is 8.96. The number of rotatable bonds is 6. The summed E-state index contributed by atoms with van der Waals surface area (Å²) in [4.78, 5) is 44.8. The molecule has 1 aromatic rings. The van der Waals surface area contributed by atoms with Gasteiger partial charge in [-0.05, 0) is 12.1 Å². The van der Waals surface area contributed by atoms with Crippen LogP contribution in [0.15, 0.2) is 18.2 Å². The highest BCUT2D eigenvalue weighted by atomic mass is 16.5. The molecule has 2 heterocycles. The lowest BCUT2D eigenvalue weighted by molar-refractivity contribution is -0.142.